The van der Waals surface area contributed by atoms with Crippen molar-refractivity contribution < 1.29 is 9.21 Å². The summed E-state index contributed by atoms with van der Waals surface area (Å²) < 4.78 is 6.30. The molecule has 124 valence electrons. The fraction of sp³-hybridized carbons (Fsp3) is 0.353. The predicted molar refractivity (Wildman–Crippen MR) is 93.4 cm³/mol. The number of furan rings is 1. The number of rotatable bonds is 3. The van der Waals surface area contributed by atoms with Gasteiger partial charge < -0.3 is 14.6 Å². The smallest absolute Gasteiger partial charge is 0.289 e. The van der Waals surface area contributed by atoms with E-state index in [2.05, 4.69) is 27.6 Å². The van der Waals surface area contributed by atoms with E-state index in [4.69, 9.17) is 4.42 Å². The average Bonchev–Trinajstić information content (AvgIpc) is 3.26. The largest absolute Gasteiger partial charge is 0.459 e. The molecule has 7 heteroatoms. The first-order valence-corrected chi connectivity index (χ1v) is 8.88. The topological polar surface area (TPSA) is 71.3 Å². The van der Waals surface area contributed by atoms with Crippen molar-refractivity contribution in [1.82, 2.24) is 14.9 Å². The molecule has 0 unspecified atom stereocenters. The molecule has 1 fully saturated rings. The number of carbonyl (C=O) groups is 1. The van der Waals surface area contributed by atoms with Gasteiger partial charge in [0, 0.05) is 19.1 Å². The van der Waals surface area contributed by atoms with E-state index in [1.54, 1.807) is 29.8 Å². The van der Waals surface area contributed by atoms with E-state index in [1.807, 2.05) is 4.90 Å². The molecule has 4 heterocycles. The Kier molecular flexibility index (Phi) is 3.93. The second kappa shape index (κ2) is 6.24. The van der Waals surface area contributed by atoms with Crippen molar-refractivity contribution >= 4 is 33.3 Å². The number of aromatic nitrogens is 2. The lowest BCUT2D eigenvalue weighted by Gasteiger charge is -2.32. The van der Waals surface area contributed by atoms with Gasteiger partial charge in [-0.15, -0.1) is 11.3 Å². The van der Waals surface area contributed by atoms with E-state index < -0.39 is 0 Å². The van der Waals surface area contributed by atoms with Gasteiger partial charge in [-0.3, -0.25) is 4.79 Å². The molecule has 3 aromatic heterocycles. The summed E-state index contributed by atoms with van der Waals surface area (Å²) >= 11 is 1.67. The number of nitrogens with one attached hydrogen (secondary N) is 1. The zero-order valence-electron chi connectivity index (χ0n) is 13.4. The zero-order valence-corrected chi connectivity index (χ0v) is 14.2. The highest BCUT2D eigenvalue weighted by Crippen LogP contribution is 2.29. The Morgan fingerprint density at radius 2 is 2.21 bits per heavy atom. The van der Waals surface area contributed by atoms with Gasteiger partial charge in [-0.25, -0.2) is 9.97 Å². The molecule has 1 amide bonds. The highest BCUT2D eigenvalue weighted by molar-refractivity contribution is 7.18. The molecule has 0 saturated carbocycles. The van der Waals surface area contributed by atoms with Crippen LogP contribution in [0.25, 0.3) is 10.2 Å². The molecule has 6 nitrogen and oxygen atoms in total. The van der Waals surface area contributed by atoms with Crippen molar-refractivity contribution in [3.05, 3.63) is 41.4 Å². The van der Waals surface area contributed by atoms with Gasteiger partial charge in [-0.2, -0.15) is 0 Å². The number of thiophene rings is 1. The average molecular weight is 342 g/mol. The van der Waals surface area contributed by atoms with E-state index in [9.17, 15) is 4.79 Å². The summed E-state index contributed by atoms with van der Waals surface area (Å²) in [5.41, 5.74) is 2.20. The van der Waals surface area contributed by atoms with Crippen LogP contribution < -0.4 is 5.32 Å². The van der Waals surface area contributed by atoms with E-state index in [0.29, 0.717) is 11.8 Å². The van der Waals surface area contributed by atoms with Crippen LogP contribution in [0.2, 0.25) is 0 Å². The summed E-state index contributed by atoms with van der Waals surface area (Å²) in [4.78, 5) is 22.9. The molecule has 1 aliphatic rings. The van der Waals surface area contributed by atoms with Crippen molar-refractivity contribution in [3.63, 3.8) is 0 Å². The second-order valence-corrected chi connectivity index (χ2v) is 6.89. The van der Waals surface area contributed by atoms with Crippen molar-refractivity contribution in [2.24, 2.45) is 0 Å². The lowest BCUT2D eigenvalue weighted by Crippen LogP contribution is -2.42. The minimum Gasteiger partial charge on any atom is -0.459 e. The molecule has 1 saturated heterocycles. The number of fused-ring (bicyclic) bond motifs is 1. The Morgan fingerprint density at radius 3 is 2.96 bits per heavy atom. The van der Waals surface area contributed by atoms with E-state index in [0.717, 1.165) is 42.0 Å². The van der Waals surface area contributed by atoms with Gasteiger partial charge in [0.2, 0.25) is 0 Å². The van der Waals surface area contributed by atoms with Gasteiger partial charge in [-0.05, 0) is 42.8 Å². The van der Waals surface area contributed by atoms with Crippen LogP contribution in [0.3, 0.4) is 0 Å². The van der Waals surface area contributed by atoms with Crippen LogP contribution in [-0.2, 0) is 0 Å². The van der Waals surface area contributed by atoms with Crippen LogP contribution >= 0.6 is 11.3 Å². The maximum atomic E-state index is 12.3. The fourth-order valence-electron chi connectivity index (χ4n) is 3.05. The normalized spacial score (nSPS) is 15.8. The van der Waals surface area contributed by atoms with Gasteiger partial charge in [0.1, 0.15) is 12.1 Å². The van der Waals surface area contributed by atoms with Crippen LogP contribution in [0.4, 0.5) is 5.82 Å². The molecular formula is C17H18N4O2S. The molecule has 1 aliphatic heterocycles. The molecule has 0 bridgehead atoms. The molecule has 24 heavy (non-hydrogen) atoms. The second-order valence-electron chi connectivity index (χ2n) is 6.01. The van der Waals surface area contributed by atoms with Crippen molar-refractivity contribution in [1.29, 1.82) is 0 Å². The lowest BCUT2D eigenvalue weighted by atomic mass is 10.0. The maximum Gasteiger partial charge on any atom is 0.289 e. The Labute approximate surface area is 143 Å². The third-order valence-electron chi connectivity index (χ3n) is 4.39. The van der Waals surface area contributed by atoms with Gasteiger partial charge >= 0.3 is 0 Å². The first kappa shape index (κ1) is 15.1. The fourth-order valence-corrected chi connectivity index (χ4v) is 4.00. The Bertz CT molecular complexity index is 851. The Morgan fingerprint density at radius 1 is 1.38 bits per heavy atom. The van der Waals surface area contributed by atoms with Crippen molar-refractivity contribution in [2.75, 3.05) is 18.4 Å². The van der Waals surface area contributed by atoms with Crippen LogP contribution in [0.5, 0.6) is 0 Å². The molecule has 0 spiro atoms. The summed E-state index contributed by atoms with van der Waals surface area (Å²) in [6, 6.07) is 3.76. The number of hydrogen-bond donors (Lipinski definition) is 1. The number of anilines is 1. The van der Waals surface area contributed by atoms with Crippen LogP contribution in [0.15, 0.2) is 34.5 Å². The molecule has 0 atom stereocenters. The summed E-state index contributed by atoms with van der Waals surface area (Å²) in [7, 11) is 0. The highest BCUT2D eigenvalue weighted by atomic mass is 32.1. The quantitative estimate of drug-likeness (QED) is 0.791. The molecular weight excluding hydrogens is 324 g/mol. The standard InChI is InChI=1S/C17H18N4O2S/c1-11-9-24-15-14(11)18-10-19-16(15)20-12-4-6-21(7-5-12)17(22)13-3-2-8-23-13/h2-3,8-10,12H,4-7H2,1H3,(H,18,19,20). The number of nitrogens with zero attached hydrogens (tertiary/aromatic N) is 3. The molecule has 3 aromatic rings. The molecule has 1 N–H and O–H groups in total. The number of hydrogen-bond acceptors (Lipinski definition) is 6. The minimum atomic E-state index is -0.0308. The van der Waals surface area contributed by atoms with Gasteiger partial charge in [0.25, 0.3) is 5.91 Å². The number of aryl methyl sites for hydroxylation is 1. The Hall–Kier alpha value is -2.41. The zero-order chi connectivity index (χ0) is 16.5. The van der Waals surface area contributed by atoms with Gasteiger partial charge in [0.05, 0.1) is 16.5 Å². The number of amides is 1. The van der Waals surface area contributed by atoms with E-state index in [-0.39, 0.29) is 5.91 Å². The Balaban J connectivity index is 1.42. The van der Waals surface area contributed by atoms with Gasteiger partial charge in [0.15, 0.2) is 5.76 Å². The van der Waals surface area contributed by atoms with Crippen LogP contribution in [-0.4, -0.2) is 39.9 Å². The highest BCUT2D eigenvalue weighted by Gasteiger charge is 2.25. The van der Waals surface area contributed by atoms with Crippen molar-refractivity contribution in [2.45, 2.75) is 25.8 Å². The third-order valence-corrected chi connectivity index (χ3v) is 5.48. The maximum absolute atomic E-state index is 12.3. The van der Waals surface area contributed by atoms with Crippen LogP contribution in [0, 0.1) is 6.92 Å². The van der Waals surface area contributed by atoms with Crippen LogP contribution in [0.1, 0.15) is 29.0 Å². The minimum absolute atomic E-state index is 0.0308. The summed E-state index contributed by atoms with van der Waals surface area (Å²) in [5.74, 6) is 1.28. The SMILES string of the molecule is Cc1csc2c(NC3CCN(C(=O)c4ccco4)CC3)ncnc12. The lowest BCUT2D eigenvalue weighted by molar-refractivity contribution is 0.0686. The van der Waals surface area contributed by atoms with E-state index in [1.165, 1.54) is 11.8 Å². The number of likely N-dealkylation sites (tertiary alicyclic amines) is 1. The third kappa shape index (κ3) is 2.75. The summed E-state index contributed by atoms with van der Waals surface area (Å²) in [5, 5.41) is 5.64. The van der Waals surface area contributed by atoms with Gasteiger partial charge in [-0.1, -0.05) is 0 Å². The number of piperidine rings is 1. The monoisotopic (exact) mass is 342 g/mol. The van der Waals surface area contributed by atoms with Crippen molar-refractivity contribution in [3.8, 4) is 0 Å². The molecule has 0 radical (unpaired) electrons. The molecule has 0 aromatic carbocycles. The first-order valence-electron chi connectivity index (χ1n) is 8.00. The number of carbonyl (C=O) groups excluding carboxylic acids is 1. The first-order chi connectivity index (χ1) is 11.7. The molecule has 0 aliphatic carbocycles. The molecule has 4 rings (SSSR count). The summed E-state index contributed by atoms with van der Waals surface area (Å²) in [6.07, 6.45) is 4.93. The summed E-state index contributed by atoms with van der Waals surface area (Å²) in [6.45, 7) is 3.50. The van der Waals surface area contributed by atoms with E-state index >= 15 is 0 Å². The predicted octanol–water partition coefficient (Wildman–Crippen LogP) is 3.31.